The first-order chi connectivity index (χ1) is 22.9. The second-order valence-electron chi connectivity index (χ2n) is 15.6. The standard InChI is InChI=1S/C38H56N6O3S/c1-25(2)34-33(24-45)47-44(38(34,39)35(46)41-32-22-29-21-31(26(32)3)37(29,4)5)23-28-12-9-13-30(20-28)42-16-18-43(19-17-42)36(48)40-15-14-27-10-7-6-8-11-27/h6-13,20,25-26,29,31-34,45H,14-19,21-24,39H2,1-5H3,(H,40,48)(H,41,46)/t26-,29+,31-,32-,33?,34+,38-/m0/s1. The van der Waals surface area contributed by atoms with Gasteiger partial charge in [0.15, 0.2) is 10.8 Å². The lowest BCUT2D eigenvalue weighted by Gasteiger charge is -2.62. The molecule has 3 aliphatic carbocycles. The van der Waals surface area contributed by atoms with Gasteiger partial charge >= 0.3 is 0 Å². The van der Waals surface area contributed by atoms with Crippen LogP contribution in [0.25, 0.3) is 0 Å². The first kappa shape index (κ1) is 35.1. The van der Waals surface area contributed by atoms with Gasteiger partial charge in [0.1, 0.15) is 6.10 Å². The van der Waals surface area contributed by atoms with Gasteiger partial charge in [-0.15, -0.1) is 0 Å². The van der Waals surface area contributed by atoms with Gasteiger partial charge in [-0.1, -0.05) is 77.1 Å². The van der Waals surface area contributed by atoms with E-state index in [0.29, 0.717) is 29.7 Å². The third kappa shape index (κ3) is 6.71. The fourth-order valence-corrected chi connectivity index (χ4v) is 9.45. The van der Waals surface area contributed by atoms with Gasteiger partial charge in [0.25, 0.3) is 5.91 Å². The molecule has 3 saturated carbocycles. The Morgan fingerprint density at radius 1 is 1.06 bits per heavy atom. The molecule has 1 amide bonds. The number of amides is 1. The van der Waals surface area contributed by atoms with Crippen LogP contribution < -0.4 is 21.3 Å². The predicted molar refractivity (Wildman–Crippen MR) is 195 cm³/mol. The van der Waals surface area contributed by atoms with Crippen molar-refractivity contribution in [2.75, 3.05) is 44.2 Å². The van der Waals surface area contributed by atoms with Crippen LogP contribution in [0.3, 0.4) is 0 Å². The summed E-state index contributed by atoms with van der Waals surface area (Å²) in [5.41, 5.74) is 9.55. The fourth-order valence-electron chi connectivity index (χ4n) is 9.16. The molecule has 1 unspecified atom stereocenters. The highest BCUT2D eigenvalue weighted by Gasteiger charge is 2.61. The number of nitrogens with zero attached hydrogens (tertiary/aromatic N) is 3. The summed E-state index contributed by atoms with van der Waals surface area (Å²) in [4.78, 5) is 25.3. The molecule has 262 valence electrons. The molecular weight excluding hydrogens is 621 g/mol. The molecule has 2 saturated heterocycles. The summed E-state index contributed by atoms with van der Waals surface area (Å²) in [6.07, 6.45) is 2.61. The number of hydrogen-bond donors (Lipinski definition) is 4. The number of hydroxylamine groups is 2. The van der Waals surface area contributed by atoms with E-state index in [9.17, 15) is 9.90 Å². The van der Waals surface area contributed by atoms with Crippen LogP contribution >= 0.6 is 12.2 Å². The molecule has 48 heavy (non-hydrogen) atoms. The Kier molecular flexibility index (Phi) is 10.4. The molecule has 2 aromatic carbocycles. The summed E-state index contributed by atoms with van der Waals surface area (Å²) in [6, 6.07) is 19.0. The highest BCUT2D eigenvalue weighted by molar-refractivity contribution is 7.80. The van der Waals surface area contributed by atoms with E-state index in [1.807, 2.05) is 6.07 Å². The molecule has 2 heterocycles. The summed E-state index contributed by atoms with van der Waals surface area (Å²) in [5.74, 6) is 1.07. The molecular formula is C38H56N6O3S. The van der Waals surface area contributed by atoms with E-state index >= 15 is 0 Å². The number of thiocarbonyl (C=S) groups is 1. The van der Waals surface area contributed by atoms with Gasteiger partial charge in [0, 0.05) is 50.4 Å². The van der Waals surface area contributed by atoms with Crippen molar-refractivity contribution in [3.8, 4) is 0 Å². The third-order valence-corrected chi connectivity index (χ3v) is 12.6. The zero-order valence-electron chi connectivity index (χ0n) is 29.4. The van der Waals surface area contributed by atoms with Gasteiger partial charge in [-0.3, -0.25) is 9.63 Å². The lowest BCUT2D eigenvalue weighted by atomic mass is 9.44. The molecule has 10 heteroatoms. The number of nitrogens with two attached hydrogens (primary N) is 1. The van der Waals surface area contributed by atoms with E-state index < -0.39 is 11.8 Å². The summed E-state index contributed by atoms with van der Waals surface area (Å²) in [6.45, 7) is 15.5. The zero-order valence-corrected chi connectivity index (χ0v) is 30.2. The molecule has 2 bridgehead atoms. The van der Waals surface area contributed by atoms with Gasteiger partial charge < -0.3 is 31.3 Å². The maximum absolute atomic E-state index is 14.3. The molecule has 7 atom stereocenters. The number of carbonyl (C=O) groups excluding carboxylic acids is 1. The number of anilines is 1. The van der Waals surface area contributed by atoms with Crippen LogP contribution in [0.1, 0.15) is 58.6 Å². The number of carbonyl (C=O) groups is 1. The molecule has 9 nitrogen and oxygen atoms in total. The molecule has 2 aliphatic heterocycles. The van der Waals surface area contributed by atoms with E-state index in [1.165, 1.54) is 12.0 Å². The van der Waals surface area contributed by atoms with Crippen LogP contribution in [0.5, 0.6) is 0 Å². The predicted octanol–water partition coefficient (Wildman–Crippen LogP) is 4.15. The fraction of sp³-hybridized carbons (Fsp3) is 0.632. The first-order valence-corrected chi connectivity index (χ1v) is 18.4. The van der Waals surface area contributed by atoms with Crippen molar-refractivity contribution in [1.82, 2.24) is 20.6 Å². The van der Waals surface area contributed by atoms with Crippen LogP contribution in [0, 0.1) is 35.0 Å². The van der Waals surface area contributed by atoms with Crippen molar-refractivity contribution >= 4 is 28.9 Å². The van der Waals surface area contributed by atoms with Gasteiger partial charge in [-0.25, -0.2) is 0 Å². The minimum absolute atomic E-state index is 0.0283. The van der Waals surface area contributed by atoms with Crippen molar-refractivity contribution in [3.05, 3.63) is 65.7 Å². The highest BCUT2D eigenvalue weighted by atomic mass is 32.1. The number of nitrogens with one attached hydrogen (secondary N) is 2. The van der Waals surface area contributed by atoms with Crippen LogP contribution in [0.2, 0.25) is 0 Å². The number of aliphatic hydroxyl groups is 1. The van der Waals surface area contributed by atoms with E-state index in [-0.39, 0.29) is 30.4 Å². The Morgan fingerprint density at radius 2 is 1.77 bits per heavy atom. The van der Waals surface area contributed by atoms with Crippen molar-refractivity contribution in [2.45, 2.75) is 78.2 Å². The topological polar surface area (TPSA) is 106 Å². The Morgan fingerprint density at radius 3 is 2.42 bits per heavy atom. The summed E-state index contributed by atoms with van der Waals surface area (Å²) >= 11 is 5.73. The molecule has 0 radical (unpaired) electrons. The average molecular weight is 677 g/mol. The van der Waals surface area contributed by atoms with Crippen molar-refractivity contribution in [2.24, 2.45) is 40.7 Å². The number of hydrogen-bond acceptors (Lipinski definition) is 7. The Labute approximate surface area is 292 Å². The maximum Gasteiger partial charge on any atom is 0.257 e. The molecule has 2 aromatic rings. The minimum Gasteiger partial charge on any atom is -0.394 e. The molecule has 0 aromatic heterocycles. The van der Waals surface area contributed by atoms with E-state index in [0.717, 1.165) is 61.9 Å². The molecule has 5 N–H and O–H groups in total. The van der Waals surface area contributed by atoms with Crippen LogP contribution in [0.15, 0.2) is 54.6 Å². The molecule has 5 aliphatic rings. The van der Waals surface area contributed by atoms with Crippen LogP contribution in [-0.4, -0.2) is 83.2 Å². The number of fused-ring (bicyclic) bond motifs is 2. The van der Waals surface area contributed by atoms with E-state index in [2.05, 4.69) is 104 Å². The third-order valence-electron chi connectivity index (χ3n) is 12.2. The smallest absolute Gasteiger partial charge is 0.257 e. The average Bonchev–Trinajstić information content (AvgIpc) is 3.38. The number of piperazine rings is 1. The second kappa shape index (κ2) is 14.2. The SMILES string of the molecule is CC(C)[C@@H]1C(CO)ON(Cc2cccc(N3CCN(C(=S)NCCc4ccccc4)CC3)c2)[C@]1(N)C(=O)N[C@H]1C[C@H]2C[C@@H]([C@@H]1C)C2(C)C. The van der Waals surface area contributed by atoms with E-state index in [4.69, 9.17) is 22.8 Å². The first-order valence-electron chi connectivity index (χ1n) is 18.0. The zero-order chi connectivity index (χ0) is 34.2. The quantitative estimate of drug-likeness (QED) is 0.277. The number of aliphatic hydroxyl groups excluding tert-OH is 1. The Hall–Kier alpha value is -2.76. The number of benzene rings is 2. The van der Waals surface area contributed by atoms with Gasteiger partial charge in [0.05, 0.1) is 13.2 Å². The Bertz CT molecular complexity index is 1430. The minimum atomic E-state index is -1.41. The lowest BCUT2D eigenvalue weighted by molar-refractivity contribution is -0.203. The summed E-state index contributed by atoms with van der Waals surface area (Å²) < 4.78 is 0. The Balaban J connectivity index is 1.09. The van der Waals surface area contributed by atoms with E-state index in [1.54, 1.807) is 5.06 Å². The number of rotatable bonds is 10. The van der Waals surface area contributed by atoms with Gasteiger partial charge in [-0.05, 0) is 83.8 Å². The monoisotopic (exact) mass is 676 g/mol. The van der Waals surface area contributed by atoms with Crippen molar-refractivity contribution in [3.63, 3.8) is 0 Å². The summed E-state index contributed by atoms with van der Waals surface area (Å²) in [7, 11) is 0. The molecule has 7 rings (SSSR count). The van der Waals surface area contributed by atoms with Gasteiger partial charge in [0.2, 0.25) is 0 Å². The lowest BCUT2D eigenvalue weighted by Crippen LogP contribution is -2.69. The normalized spacial score (nSPS) is 31.4. The largest absolute Gasteiger partial charge is 0.394 e. The van der Waals surface area contributed by atoms with Gasteiger partial charge in [-0.2, -0.15) is 5.06 Å². The molecule has 0 spiro atoms. The molecule has 5 fully saturated rings. The summed E-state index contributed by atoms with van der Waals surface area (Å²) in [5, 5.41) is 19.7. The maximum atomic E-state index is 14.3. The second-order valence-corrected chi connectivity index (χ2v) is 16.0. The van der Waals surface area contributed by atoms with Crippen molar-refractivity contribution in [1.29, 1.82) is 0 Å². The van der Waals surface area contributed by atoms with Crippen LogP contribution in [0.4, 0.5) is 5.69 Å². The highest BCUT2D eigenvalue weighted by Crippen LogP contribution is 2.61. The van der Waals surface area contributed by atoms with Crippen LogP contribution in [-0.2, 0) is 22.6 Å². The van der Waals surface area contributed by atoms with Crippen molar-refractivity contribution < 1.29 is 14.7 Å².